The molecule has 0 amide bonds. The van der Waals surface area contributed by atoms with E-state index in [9.17, 15) is 21.4 Å². The monoisotopic (exact) mass is 676 g/mol. The molecule has 0 aliphatic rings. The highest BCUT2D eigenvalue weighted by Crippen LogP contribution is 2.33. The average Bonchev–Trinajstić information content (AvgIpc) is 3.02. The van der Waals surface area contributed by atoms with E-state index in [0.717, 1.165) is 23.8 Å². The van der Waals surface area contributed by atoms with Crippen molar-refractivity contribution < 1.29 is 30.3 Å². The van der Waals surface area contributed by atoms with Gasteiger partial charge in [-0.2, -0.15) is 8.42 Å². The summed E-state index contributed by atoms with van der Waals surface area (Å²) in [6, 6.07) is 39.6. The van der Waals surface area contributed by atoms with Crippen molar-refractivity contribution in [2.45, 2.75) is 57.6 Å². The van der Waals surface area contributed by atoms with Crippen molar-refractivity contribution in [1.29, 1.82) is 0 Å². The van der Waals surface area contributed by atoms with Gasteiger partial charge >= 0.3 is 10.1 Å². The molecule has 0 N–H and O–H groups in total. The molecule has 0 bridgehead atoms. The van der Waals surface area contributed by atoms with E-state index in [2.05, 4.69) is 106 Å². The summed E-state index contributed by atoms with van der Waals surface area (Å²) in [5.41, 5.74) is 2.45. The number of hydrogen-bond donors (Lipinski definition) is 0. The maximum Gasteiger partial charge on any atom is 0.339 e. The SMILES string of the molecule is CC(C)(C)c1ccc([S+](c2ccccc2)c2ccccc2)cc1.COc1cc(S(=O)(=O)[O-])ccc1OS(=O)(=O)c1ccc(C)cc1. The minimum Gasteiger partial charge on any atom is -0.744 e. The molecular formula is C36H36O7S3. The van der Waals surface area contributed by atoms with Crippen LogP contribution in [0.25, 0.3) is 0 Å². The number of methoxy groups -OCH3 is 1. The zero-order valence-electron chi connectivity index (χ0n) is 26.2. The first-order chi connectivity index (χ1) is 21.7. The Morgan fingerprint density at radius 2 is 1.09 bits per heavy atom. The zero-order valence-corrected chi connectivity index (χ0v) is 28.7. The van der Waals surface area contributed by atoms with Crippen molar-refractivity contribution in [3.63, 3.8) is 0 Å². The summed E-state index contributed by atoms with van der Waals surface area (Å²) in [7, 11) is -7.66. The van der Waals surface area contributed by atoms with Crippen molar-refractivity contribution in [2.24, 2.45) is 0 Å². The molecule has 0 radical (unpaired) electrons. The molecule has 7 nitrogen and oxygen atoms in total. The Morgan fingerprint density at radius 1 is 0.609 bits per heavy atom. The van der Waals surface area contributed by atoms with Crippen LogP contribution >= 0.6 is 0 Å². The molecule has 0 atom stereocenters. The molecule has 5 aromatic rings. The van der Waals surface area contributed by atoms with Crippen LogP contribution in [0.15, 0.2) is 152 Å². The van der Waals surface area contributed by atoms with Gasteiger partial charge < -0.3 is 13.5 Å². The van der Waals surface area contributed by atoms with Gasteiger partial charge in [0.25, 0.3) is 0 Å². The molecule has 0 heterocycles. The number of hydrogen-bond acceptors (Lipinski definition) is 7. The molecule has 0 spiro atoms. The first-order valence-electron chi connectivity index (χ1n) is 14.3. The molecule has 0 aromatic heterocycles. The molecule has 240 valence electrons. The molecule has 0 unspecified atom stereocenters. The second-order valence-electron chi connectivity index (χ2n) is 11.3. The lowest BCUT2D eigenvalue weighted by atomic mass is 9.87. The maximum atomic E-state index is 12.2. The van der Waals surface area contributed by atoms with E-state index in [4.69, 9.17) is 8.92 Å². The molecule has 5 rings (SSSR count). The van der Waals surface area contributed by atoms with Crippen LogP contribution in [-0.4, -0.2) is 28.5 Å². The second kappa shape index (κ2) is 14.6. The van der Waals surface area contributed by atoms with Gasteiger partial charge in [-0.25, -0.2) is 8.42 Å². The third kappa shape index (κ3) is 9.01. The third-order valence-corrected chi connectivity index (χ3v) is 11.2. The van der Waals surface area contributed by atoms with Crippen molar-refractivity contribution in [1.82, 2.24) is 0 Å². The van der Waals surface area contributed by atoms with Gasteiger partial charge in [0, 0.05) is 6.07 Å². The van der Waals surface area contributed by atoms with Crippen molar-refractivity contribution in [2.75, 3.05) is 7.11 Å². The minimum absolute atomic E-state index is 0.0497. The van der Waals surface area contributed by atoms with Crippen molar-refractivity contribution in [3.8, 4) is 11.5 Å². The Hall–Kier alpha value is -4.09. The molecule has 10 heteroatoms. The van der Waals surface area contributed by atoms with Gasteiger partial charge in [0.15, 0.2) is 26.2 Å². The highest BCUT2D eigenvalue weighted by Gasteiger charge is 2.28. The van der Waals surface area contributed by atoms with Crippen LogP contribution < -0.4 is 8.92 Å². The van der Waals surface area contributed by atoms with Crippen LogP contribution in [0.5, 0.6) is 11.5 Å². The zero-order chi connectivity index (χ0) is 33.5. The first-order valence-corrected chi connectivity index (χ1v) is 18.3. The van der Waals surface area contributed by atoms with Crippen LogP contribution in [-0.2, 0) is 36.5 Å². The normalized spacial score (nSPS) is 11.8. The average molecular weight is 677 g/mol. The predicted molar refractivity (Wildman–Crippen MR) is 180 cm³/mol. The van der Waals surface area contributed by atoms with E-state index >= 15 is 0 Å². The summed E-state index contributed by atoms with van der Waals surface area (Å²) < 4.78 is 67.2. The highest BCUT2D eigenvalue weighted by molar-refractivity contribution is 7.97. The molecular weight excluding hydrogens is 641 g/mol. The summed E-state index contributed by atoms with van der Waals surface area (Å²) in [5.74, 6) is -0.405. The number of ether oxygens (including phenoxy) is 1. The minimum atomic E-state index is -4.69. The summed E-state index contributed by atoms with van der Waals surface area (Å²) in [5, 5.41) is 0. The van der Waals surface area contributed by atoms with E-state index in [1.54, 1.807) is 12.1 Å². The standard InChI is InChI=1S/C22H23S.C14H14O7S2/c1-22(2,3)18-14-16-21(17-15-18)23(19-10-6-4-7-11-19)20-12-8-5-9-13-20;1-10-3-5-11(6-4-10)23(18,19)21-13-8-7-12(22(15,16)17)9-14(13)20-2/h4-17H,1-3H3;3-9H,1-2H3,(H,15,16,17)/q+1;/p-1. The molecule has 0 saturated carbocycles. The van der Waals surface area contributed by atoms with E-state index < -0.39 is 25.1 Å². The topological polar surface area (TPSA) is 110 Å². The lowest BCUT2D eigenvalue weighted by Crippen LogP contribution is -2.11. The van der Waals surface area contributed by atoms with Gasteiger partial charge in [0.05, 0.1) is 22.9 Å². The number of benzene rings is 5. The molecule has 0 aliphatic heterocycles. The smallest absolute Gasteiger partial charge is 0.339 e. The molecule has 46 heavy (non-hydrogen) atoms. The van der Waals surface area contributed by atoms with Crippen molar-refractivity contribution >= 4 is 31.1 Å². The van der Waals surface area contributed by atoms with Crippen LogP contribution in [0.1, 0.15) is 31.9 Å². The summed E-state index contributed by atoms with van der Waals surface area (Å²) in [6.07, 6.45) is 0. The lowest BCUT2D eigenvalue weighted by Gasteiger charge is -2.19. The molecule has 5 aromatic carbocycles. The van der Waals surface area contributed by atoms with E-state index in [0.29, 0.717) is 0 Å². The van der Waals surface area contributed by atoms with Gasteiger partial charge in [-0.1, -0.05) is 87.0 Å². The van der Waals surface area contributed by atoms with Gasteiger partial charge in [-0.05, 0) is 78.6 Å². The Kier molecular flexibility index (Phi) is 11.0. The van der Waals surface area contributed by atoms with Gasteiger partial charge in [0.1, 0.15) is 15.0 Å². The van der Waals surface area contributed by atoms with Gasteiger partial charge in [-0.3, -0.25) is 0 Å². The quantitative estimate of drug-likeness (QED) is 0.0939. The van der Waals surface area contributed by atoms with Crippen LogP contribution in [0.2, 0.25) is 0 Å². The van der Waals surface area contributed by atoms with E-state index in [1.807, 2.05) is 6.92 Å². The van der Waals surface area contributed by atoms with Gasteiger partial charge in [0.2, 0.25) is 0 Å². The largest absolute Gasteiger partial charge is 0.744 e. The summed E-state index contributed by atoms with van der Waals surface area (Å²) in [4.78, 5) is 3.49. The van der Waals surface area contributed by atoms with E-state index in [1.165, 1.54) is 39.5 Å². The van der Waals surface area contributed by atoms with E-state index in [-0.39, 0.29) is 32.7 Å². The maximum absolute atomic E-state index is 12.2. The molecule has 0 saturated heterocycles. The fraction of sp³-hybridized carbons (Fsp3) is 0.167. The fourth-order valence-electron chi connectivity index (χ4n) is 4.36. The van der Waals surface area contributed by atoms with Crippen LogP contribution in [0.4, 0.5) is 0 Å². The van der Waals surface area contributed by atoms with Crippen molar-refractivity contribution in [3.05, 3.63) is 139 Å². The Labute approximate surface area is 275 Å². The highest BCUT2D eigenvalue weighted by atomic mass is 32.2. The predicted octanol–water partition coefficient (Wildman–Crippen LogP) is 7.75. The third-order valence-electron chi connectivity index (χ3n) is 6.85. The van der Waals surface area contributed by atoms with Gasteiger partial charge in [-0.15, -0.1) is 0 Å². The molecule has 0 aliphatic carbocycles. The molecule has 0 fully saturated rings. The van der Waals surface area contributed by atoms with Crippen LogP contribution in [0.3, 0.4) is 0 Å². The Bertz CT molecular complexity index is 1910. The Morgan fingerprint density at radius 3 is 1.54 bits per heavy atom. The fourth-order valence-corrected chi connectivity index (χ4v) is 7.87. The van der Waals surface area contributed by atoms with Crippen LogP contribution in [0, 0.1) is 6.92 Å². The lowest BCUT2D eigenvalue weighted by molar-refractivity contribution is 0.388. The number of aryl methyl sites for hydroxylation is 1. The Balaban J connectivity index is 0.000000209. The summed E-state index contributed by atoms with van der Waals surface area (Å²) >= 11 is 0. The first kappa shape index (κ1) is 34.8. The second-order valence-corrected chi connectivity index (χ2v) is 16.3. The number of rotatable bonds is 8. The summed E-state index contributed by atoms with van der Waals surface area (Å²) in [6.45, 7) is 8.59.